The molecule has 0 unspecified atom stereocenters. The third-order valence-electron chi connectivity index (χ3n) is 1.35. The van der Waals surface area contributed by atoms with E-state index >= 15 is 0 Å². The first-order valence-electron chi connectivity index (χ1n) is 3.14. The Kier molecular flexibility index (Phi) is 2.49. The summed E-state index contributed by atoms with van der Waals surface area (Å²) in [6.45, 7) is 0. The Morgan fingerprint density at radius 3 is 2.73 bits per heavy atom. The Balaban J connectivity index is 3.01. The van der Waals surface area contributed by atoms with E-state index in [1.165, 1.54) is 0 Å². The summed E-state index contributed by atoms with van der Waals surface area (Å²) in [4.78, 5) is 20.1. The first kappa shape index (κ1) is 7.60. The molecule has 0 bridgehead atoms. The molecule has 0 aliphatic carbocycles. The lowest BCUT2D eigenvalue weighted by atomic mass is 10.1. The number of nitrogens with zero attached hydrogens (tertiary/aromatic N) is 1. The third-order valence-corrected chi connectivity index (χ3v) is 1.35. The largest absolute Gasteiger partial charge is 0.291 e. The van der Waals surface area contributed by atoms with Gasteiger partial charge in [-0.15, -0.1) is 4.91 Å². The molecular formula is C8H6NO2. The van der Waals surface area contributed by atoms with Crippen molar-refractivity contribution in [2.24, 2.45) is 5.18 Å². The first-order valence-corrected chi connectivity index (χ1v) is 3.14. The predicted molar refractivity (Wildman–Crippen MR) is 41.3 cm³/mol. The molecule has 1 rings (SSSR count). The average Bonchev–Trinajstić information content (AvgIpc) is 2.06. The fourth-order valence-electron chi connectivity index (χ4n) is 0.827. The van der Waals surface area contributed by atoms with E-state index in [0.717, 1.165) is 0 Å². The SMILES string of the molecule is O=[C]Cc1ccccc1N=O. The van der Waals surface area contributed by atoms with E-state index in [1.807, 2.05) is 0 Å². The molecule has 0 aliphatic heterocycles. The van der Waals surface area contributed by atoms with Crippen molar-refractivity contribution >= 4 is 12.0 Å². The second-order valence-corrected chi connectivity index (χ2v) is 2.04. The van der Waals surface area contributed by atoms with Crippen molar-refractivity contribution in [3.8, 4) is 0 Å². The van der Waals surface area contributed by atoms with Gasteiger partial charge in [-0.1, -0.05) is 18.2 Å². The van der Waals surface area contributed by atoms with Crippen molar-refractivity contribution in [2.75, 3.05) is 0 Å². The fraction of sp³-hybridized carbons (Fsp3) is 0.125. The van der Waals surface area contributed by atoms with Gasteiger partial charge in [0, 0.05) is 6.42 Å². The van der Waals surface area contributed by atoms with Gasteiger partial charge in [-0.3, -0.25) is 4.79 Å². The number of hydrogen-bond donors (Lipinski definition) is 0. The molecule has 0 aromatic heterocycles. The smallest absolute Gasteiger partial charge is 0.203 e. The van der Waals surface area contributed by atoms with E-state index in [1.54, 1.807) is 30.6 Å². The molecule has 3 nitrogen and oxygen atoms in total. The summed E-state index contributed by atoms with van der Waals surface area (Å²) in [6, 6.07) is 6.70. The lowest BCUT2D eigenvalue weighted by molar-refractivity contribution is 0.555. The van der Waals surface area contributed by atoms with Crippen LogP contribution in [0.5, 0.6) is 0 Å². The zero-order chi connectivity index (χ0) is 8.10. The van der Waals surface area contributed by atoms with Crippen LogP contribution in [-0.2, 0) is 11.2 Å². The van der Waals surface area contributed by atoms with Gasteiger partial charge in [-0.25, -0.2) is 0 Å². The van der Waals surface area contributed by atoms with Gasteiger partial charge < -0.3 is 0 Å². The summed E-state index contributed by atoms with van der Waals surface area (Å²) < 4.78 is 0. The quantitative estimate of drug-likeness (QED) is 0.613. The molecule has 0 spiro atoms. The Hall–Kier alpha value is -1.51. The molecule has 0 aliphatic rings. The number of hydrogen-bond acceptors (Lipinski definition) is 3. The van der Waals surface area contributed by atoms with Crippen molar-refractivity contribution in [3.05, 3.63) is 34.7 Å². The van der Waals surface area contributed by atoms with E-state index < -0.39 is 0 Å². The monoisotopic (exact) mass is 148 g/mol. The Bertz CT molecular complexity index is 271. The van der Waals surface area contributed by atoms with Crippen LogP contribution in [-0.4, -0.2) is 6.29 Å². The lowest BCUT2D eigenvalue weighted by Crippen LogP contribution is -1.84. The van der Waals surface area contributed by atoms with Crippen molar-refractivity contribution in [2.45, 2.75) is 6.42 Å². The maximum atomic E-state index is 10.1. The van der Waals surface area contributed by atoms with Crippen LogP contribution in [0, 0.1) is 4.91 Å². The van der Waals surface area contributed by atoms with Gasteiger partial charge in [0.2, 0.25) is 6.29 Å². The molecule has 3 heteroatoms. The van der Waals surface area contributed by atoms with E-state index in [2.05, 4.69) is 5.18 Å². The standard InChI is InChI=1S/C8H6NO2/c10-6-5-7-3-1-2-4-8(7)9-11/h1-4H,5H2. The van der Waals surface area contributed by atoms with Gasteiger partial charge in [0.05, 0.1) is 0 Å². The Morgan fingerprint density at radius 2 is 2.09 bits per heavy atom. The summed E-state index contributed by atoms with van der Waals surface area (Å²) in [6.07, 6.45) is 1.84. The van der Waals surface area contributed by atoms with Crippen LogP contribution in [0.15, 0.2) is 29.4 Å². The summed E-state index contributed by atoms with van der Waals surface area (Å²) in [5.74, 6) is 0. The number of carbonyl (C=O) groups excluding carboxylic acids is 1. The topological polar surface area (TPSA) is 46.5 Å². The molecule has 0 saturated carbocycles. The maximum absolute atomic E-state index is 10.1. The van der Waals surface area contributed by atoms with Gasteiger partial charge in [0.1, 0.15) is 5.69 Å². The lowest BCUT2D eigenvalue weighted by Gasteiger charge is -1.94. The van der Waals surface area contributed by atoms with Gasteiger partial charge in [0.15, 0.2) is 0 Å². The van der Waals surface area contributed by atoms with Crippen LogP contribution in [0.3, 0.4) is 0 Å². The molecule has 11 heavy (non-hydrogen) atoms. The van der Waals surface area contributed by atoms with Crippen molar-refractivity contribution in [1.82, 2.24) is 0 Å². The van der Waals surface area contributed by atoms with Crippen LogP contribution < -0.4 is 0 Å². The zero-order valence-corrected chi connectivity index (χ0v) is 5.78. The molecule has 55 valence electrons. The first-order chi connectivity index (χ1) is 5.38. The molecule has 0 fully saturated rings. The molecule has 0 N–H and O–H groups in total. The Morgan fingerprint density at radius 1 is 1.36 bits per heavy atom. The van der Waals surface area contributed by atoms with Gasteiger partial charge in [-0.05, 0) is 16.8 Å². The number of rotatable bonds is 3. The van der Waals surface area contributed by atoms with E-state index in [-0.39, 0.29) is 6.42 Å². The molecule has 0 amide bonds. The minimum Gasteiger partial charge on any atom is -0.291 e. The highest BCUT2D eigenvalue weighted by Crippen LogP contribution is 2.17. The number of benzene rings is 1. The molecule has 1 aromatic carbocycles. The number of nitroso groups, excluding NO2 is 1. The van der Waals surface area contributed by atoms with E-state index in [0.29, 0.717) is 11.3 Å². The molecule has 0 atom stereocenters. The van der Waals surface area contributed by atoms with Crippen LogP contribution in [0.4, 0.5) is 5.69 Å². The summed E-state index contributed by atoms with van der Waals surface area (Å²) in [7, 11) is 0. The molecule has 0 saturated heterocycles. The molecular weight excluding hydrogens is 142 g/mol. The third kappa shape index (κ3) is 1.70. The normalized spacial score (nSPS) is 9.09. The minimum absolute atomic E-state index is 0.127. The molecule has 1 aromatic rings. The van der Waals surface area contributed by atoms with Crippen molar-refractivity contribution in [1.29, 1.82) is 0 Å². The predicted octanol–water partition coefficient (Wildman–Crippen LogP) is 1.74. The minimum atomic E-state index is 0.127. The Labute approximate surface area is 64.0 Å². The van der Waals surface area contributed by atoms with Crippen LogP contribution in [0.1, 0.15) is 5.56 Å². The van der Waals surface area contributed by atoms with Gasteiger partial charge in [-0.2, -0.15) is 0 Å². The summed E-state index contributed by atoms with van der Waals surface area (Å²) in [5.41, 5.74) is 0.938. The van der Waals surface area contributed by atoms with Crippen molar-refractivity contribution < 1.29 is 4.79 Å². The van der Waals surface area contributed by atoms with E-state index in [9.17, 15) is 9.70 Å². The maximum Gasteiger partial charge on any atom is 0.203 e. The van der Waals surface area contributed by atoms with Gasteiger partial charge in [0.25, 0.3) is 0 Å². The van der Waals surface area contributed by atoms with Crippen LogP contribution >= 0.6 is 0 Å². The summed E-state index contributed by atoms with van der Waals surface area (Å²) in [5, 5.41) is 2.76. The second-order valence-electron chi connectivity index (χ2n) is 2.04. The highest BCUT2D eigenvalue weighted by molar-refractivity contribution is 5.61. The molecule has 0 heterocycles. The van der Waals surface area contributed by atoms with Crippen LogP contribution in [0.2, 0.25) is 0 Å². The van der Waals surface area contributed by atoms with Gasteiger partial charge >= 0.3 is 0 Å². The average molecular weight is 148 g/mol. The summed E-state index contributed by atoms with van der Waals surface area (Å²) >= 11 is 0. The second kappa shape index (κ2) is 3.61. The van der Waals surface area contributed by atoms with Crippen LogP contribution in [0.25, 0.3) is 0 Å². The fourth-order valence-corrected chi connectivity index (χ4v) is 0.827. The zero-order valence-electron chi connectivity index (χ0n) is 5.78. The highest BCUT2D eigenvalue weighted by Gasteiger charge is 1.99. The van der Waals surface area contributed by atoms with Crippen molar-refractivity contribution in [3.63, 3.8) is 0 Å². The van der Waals surface area contributed by atoms with E-state index in [4.69, 9.17) is 0 Å². The highest BCUT2D eigenvalue weighted by atomic mass is 16.3. The molecule has 1 radical (unpaired) electrons.